The Morgan fingerprint density at radius 3 is 2.73 bits per heavy atom. The van der Waals surface area contributed by atoms with Crippen LogP contribution >= 0.6 is 0 Å². The molecule has 122 valence electrons. The Balaban J connectivity index is 2.59. The van der Waals surface area contributed by atoms with Crippen LogP contribution in [0.5, 0.6) is 5.75 Å². The molecule has 1 aliphatic rings. The molecular formula is C18H27NO3. The minimum absolute atomic E-state index is 0.197. The van der Waals surface area contributed by atoms with Crippen LogP contribution in [0.4, 0.5) is 5.69 Å². The van der Waals surface area contributed by atoms with E-state index in [-0.39, 0.29) is 5.54 Å². The van der Waals surface area contributed by atoms with E-state index in [0.717, 1.165) is 24.3 Å². The zero-order chi connectivity index (χ0) is 16.5. The van der Waals surface area contributed by atoms with Crippen molar-refractivity contribution in [3.05, 3.63) is 23.8 Å². The standard InChI is InChI=1S/C18H27NO3/c1-6-7-15(17(20)21)19-16-10-13(22-5)8-9-14(16)12(2)11-18(19,3)4/h8-10,12,15H,6-7,11H2,1-5H3,(H,20,21). The third-order valence-corrected chi connectivity index (χ3v) is 4.64. The van der Waals surface area contributed by atoms with Crippen LogP contribution in [0, 0.1) is 0 Å². The van der Waals surface area contributed by atoms with Crippen LogP contribution in [0.3, 0.4) is 0 Å². The van der Waals surface area contributed by atoms with Crippen molar-refractivity contribution in [3.8, 4) is 5.75 Å². The monoisotopic (exact) mass is 305 g/mol. The van der Waals surface area contributed by atoms with Gasteiger partial charge in [-0.15, -0.1) is 0 Å². The Morgan fingerprint density at radius 1 is 1.50 bits per heavy atom. The normalized spacial score (nSPS) is 21.1. The highest BCUT2D eigenvalue weighted by atomic mass is 16.5. The second-order valence-electron chi connectivity index (χ2n) is 6.86. The fraction of sp³-hybridized carbons (Fsp3) is 0.611. The molecular weight excluding hydrogens is 278 g/mol. The number of hydrogen-bond donors (Lipinski definition) is 1. The highest BCUT2D eigenvalue weighted by Gasteiger charge is 2.42. The second-order valence-corrected chi connectivity index (χ2v) is 6.86. The molecule has 0 saturated heterocycles. The van der Waals surface area contributed by atoms with Crippen LogP contribution in [-0.4, -0.2) is 29.8 Å². The smallest absolute Gasteiger partial charge is 0.326 e. The highest BCUT2D eigenvalue weighted by Crippen LogP contribution is 2.46. The lowest BCUT2D eigenvalue weighted by molar-refractivity contribution is -0.139. The van der Waals surface area contributed by atoms with Crippen LogP contribution in [0.2, 0.25) is 0 Å². The van der Waals surface area contributed by atoms with Crippen molar-refractivity contribution < 1.29 is 14.6 Å². The Kier molecular flexibility index (Phi) is 4.69. The number of methoxy groups -OCH3 is 1. The molecule has 22 heavy (non-hydrogen) atoms. The Hall–Kier alpha value is -1.71. The molecule has 1 aromatic carbocycles. The number of nitrogens with zero attached hydrogens (tertiary/aromatic N) is 1. The van der Waals surface area contributed by atoms with Gasteiger partial charge in [-0.25, -0.2) is 4.79 Å². The summed E-state index contributed by atoms with van der Waals surface area (Å²) in [5.41, 5.74) is 2.02. The fourth-order valence-corrected chi connectivity index (χ4v) is 3.79. The highest BCUT2D eigenvalue weighted by molar-refractivity contribution is 5.80. The lowest BCUT2D eigenvalue weighted by Crippen LogP contribution is -2.56. The van der Waals surface area contributed by atoms with Crippen molar-refractivity contribution >= 4 is 11.7 Å². The van der Waals surface area contributed by atoms with E-state index in [1.165, 1.54) is 5.56 Å². The number of benzene rings is 1. The summed E-state index contributed by atoms with van der Waals surface area (Å²) in [4.78, 5) is 13.9. The zero-order valence-electron chi connectivity index (χ0n) is 14.2. The molecule has 2 rings (SSSR count). The van der Waals surface area contributed by atoms with Crippen LogP contribution in [0.1, 0.15) is 58.4 Å². The SMILES string of the molecule is CCCC(C(=O)O)N1c2cc(OC)ccc2C(C)CC1(C)C. The van der Waals surface area contributed by atoms with Crippen LogP contribution < -0.4 is 9.64 Å². The molecule has 1 aliphatic heterocycles. The van der Waals surface area contributed by atoms with Gasteiger partial charge in [-0.3, -0.25) is 0 Å². The van der Waals surface area contributed by atoms with Gasteiger partial charge in [0.2, 0.25) is 0 Å². The average Bonchev–Trinajstić information content (AvgIpc) is 2.44. The molecule has 0 radical (unpaired) electrons. The van der Waals surface area contributed by atoms with Crippen LogP contribution in [0.15, 0.2) is 18.2 Å². The number of carbonyl (C=O) groups is 1. The summed E-state index contributed by atoms with van der Waals surface area (Å²) in [6.07, 6.45) is 2.43. The molecule has 0 bridgehead atoms. The van der Waals surface area contributed by atoms with E-state index in [1.807, 2.05) is 19.1 Å². The number of anilines is 1. The van der Waals surface area contributed by atoms with Crippen LogP contribution in [-0.2, 0) is 4.79 Å². The van der Waals surface area contributed by atoms with E-state index < -0.39 is 12.0 Å². The number of carboxylic acids is 1. The van der Waals surface area contributed by atoms with Gasteiger partial charge in [0.25, 0.3) is 0 Å². The van der Waals surface area contributed by atoms with Crippen molar-refractivity contribution in [3.63, 3.8) is 0 Å². The van der Waals surface area contributed by atoms with Crippen LogP contribution in [0.25, 0.3) is 0 Å². The molecule has 0 fully saturated rings. The lowest BCUT2D eigenvalue weighted by Gasteiger charge is -2.50. The first kappa shape index (κ1) is 16.7. The molecule has 0 saturated carbocycles. The molecule has 2 unspecified atom stereocenters. The predicted molar refractivity (Wildman–Crippen MR) is 88.9 cm³/mol. The van der Waals surface area contributed by atoms with Gasteiger partial charge in [0.1, 0.15) is 11.8 Å². The second kappa shape index (κ2) is 6.19. The minimum atomic E-state index is -0.752. The summed E-state index contributed by atoms with van der Waals surface area (Å²) in [5.74, 6) is 0.427. The van der Waals surface area contributed by atoms with E-state index in [9.17, 15) is 9.90 Å². The summed E-state index contributed by atoms with van der Waals surface area (Å²) in [5, 5.41) is 9.73. The van der Waals surface area contributed by atoms with Crippen molar-refractivity contribution in [1.29, 1.82) is 0 Å². The third-order valence-electron chi connectivity index (χ3n) is 4.64. The first-order valence-corrected chi connectivity index (χ1v) is 8.02. The van der Waals surface area contributed by atoms with Crippen molar-refractivity contribution in [1.82, 2.24) is 0 Å². The molecule has 0 aliphatic carbocycles. The van der Waals surface area contributed by atoms with Crippen molar-refractivity contribution in [2.45, 2.75) is 64.5 Å². The predicted octanol–water partition coefficient (Wildman–Crippen LogP) is 4.04. The maximum Gasteiger partial charge on any atom is 0.326 e. The van der Waals surface area contributed by atoms with Gasteiger partial charge in [-0.1, -0.05) is 26.3 Å². The molecule has 1 aromatic rings. The van der Waals surface area contributed by atoms with E-state index in [4.69, 9.17) is 4.74 Å². The van der Waals surface area contributed by atoms with E-state index >= 15 is 0 Å². The number of aliphatic carboxylic acids is 1. The maximum atomic E-state index is 11.8. The molecule has 0 aromatic heterocycles. The molecule has 2 atom stereocenters. The summed E-state index contributed by atoms with van der Waals surface area (Å²) in [6.45, 7) is 8.51. The molecule has 1 heterocycles. The number of fused-ring (bicyclic) bond motifs is 1. The summed E-state index contributed by atoms with van der Waals surface area (Å²) < 4.78 is 5.36. The Labute approximate surface area is 133 Å². The minimum Gasteiger partial charge on any atom is -0.497 e. The number of rotatable bonds is 5. The molecule has 0 amide bonds. The largest absolute Gasteiger partial charge is 0.497 e. The van der Waals surface area contributed by atoms with Gasteiger partial charge in [0.15, 0.2) is 0 Å². The maximum absolute atomic E-state index is 11.8. The molecule has 4 heteroatoms. The average molecular weight is 305 g/mol. The summed E-state index contributed by atoms with van der Waals surface area (Å²) >= 11 is 0. The fourth-order valence-electron chi connectivity index (χ4n) is 3.79. The van der Waals surface area contributed by atoms with E-state index in [1.54, 1.807) is 7.11 Å². The quantitative estimate of drug-likeness (QED) is 0.892. The van der Waals surface area contributed by atoms with E-state index in [2.05, 4.69) is 31.7 Å². The van der Waals surface area contributed by atoms with Crippen molar-refractivity contribution in [2.24, 2.45) is 0 Å². The third kappa shape index (κ3) is 2.92. The van der Waals surface area contributed by atoms with Gasteiger partial charge in [-0.2, -0.15) is 0 Å². The van der Waals surface area contributed by atoms with Gasteiger partial charge in [-0.05, 0) is 44.2 Å². The Bertz CT molecular complexity index is 553. The van der Waals surface area contributed by atoms with Gasteiger partial charge in [0, 0.05) is 17.3 Å². The first-order chi connectivity index (χ1) is 10.3. The first-order valence-electron chi connectivity index (χ1n) is 8.02. The number of hydrogen-bond acceptors (Lipinski definition) is 3. The van der Waals surface area contributed by atoms with E-state index in [0.29, 0.717) is 12.3 Å². The molecule has 1 N–H and O–H groups in total. The van der Waals surface area contributed by atoms with Gasteiger partial charge in [0.05, 0.1) is 7.11 Å². The number of ether oxygens (including phenoxy) is 1. The van der Waals surface area contributed by atoms with Gasteiger partial charge < -0.3 is 14.7 Å². The topological polar surface area (TPSA) is 49.8 Å². The molecule has 4 nitrogen and oxygen atoms in total. The Morgan fingerprint density at radius 2 is 2.18 bits per heavy atom. The summed E-state index contributed by atoms with van der Waals surface area (Å²) in [6, 6.07) is 5.52. The van der Waals surface area contributed by atoms with Crippen molar-refractivity contribution in [2.75, 3.05) is 12.0 Å². The number of carboxylic acid groups (broad SMARTS) is 1. The zero-order valence-corrected chi connectivity index (χ0v) is 14.2. The lowest BCUT2D eigenvalue weighted by atomic mass is 9.78. The van der Waals surface area contributed by atoms with Gasteiger partial charge >= 0.3 is 5.97 Å². The summed E-state index contributed by atoms with van der Waals surface area (Å²) in [7, 11) is 1.64. The molecule has 0 spiro atoms.